The number of hydrogen-bond donors (Lipinski definition) is 3. The number of carbonyl (C=O) groups is 1. The first kappa shape index (κ1) is 25.9. The van der Waals surface area contributed by atoms with Crippen LogP contribution in [0.4, 0.5) is 0 Å². The van der Waals surface area contributed by atoms with Crippen LogP contribution in [0.1, 0.15) is 51.7 Å². The van der Waals surface area contributed by atoms with E-state index in [-0.39, 0.29) is 24.6 Å². The summed E-state index contributed by atoms with van der Waals surface area (Å²) in [5.41, 5.74) is 0.786. The highest BCUT2D eigenvalue weighted by Crippen LogP contribution is 2.21. The van der Waals surface area contributed by atoms with Crippen LogP contribution in [0.25, 0.3) is 0 Å². The fraction of sp³-hybridized carbons (Fsp3) is 0.667. The Bertz CT molecular complexity index is 738. The van der Waals surface area contributed by atoms with Crippen molar-refractivity contribution >= 4 is 11.9 Å². The molecule has 1 aliphatic rings. The van der Waals surface area contributed by atoms with Crippen LogP contribution in [0, 0.1) is 0 Å². The van der Waals surface area contributed by atoms with E-state index in [1.54, 1.807) is 4.90 Å². The molecule has 1 aliphatic heterocycles. The number of aliphatic hydroxyl groups excluding tert-OH is 1. The Morgan fingerprint density at radius 3 is 2.81 bits per heavy atom. The number of benzene rings is 1. The van der Waals surface area contributed by atoms with Gasteiger partial charge in [-0.3, -0.25) is 14.7 Å². The molecule has 0 aliphatic carbocycles. The SMILES string of the molecule is CCNC(=NCC(O)c1cccc(OC(C)C)c1)NCCCN1CCCC1C(=O)N(C)C. The smallest absolute Gasteiger partial charge is 0.239 e. The number of likely N-dealkylation sites (tertiary alicyclic amines) is 1. The van der Waals surface area contributed by atoms with Crippen molar-refractivity contribution in [3.05, 3.63) is 29.8 Å². The molecular formula is C24H41N5O3. The summed E-state index contributed by atoms with van der Waals surface area (Å²) in [6.07, 6.45) is 2.31. The van der Waals surface area contributed by atoms with Gasteiger partial charge in [-0.2, -0.15) is 0 Å². The molecule has 1 aromatic carbocycles. The van der Waals surface area contributed by atoms with Gasteiger partial charge in [0.15, 0.2) is 5.96 Å². The second-order valence-electron chi connectivity index (χ2n) is 8.68. The van der Waals surface area contributed by atoms with Gasteiger partial charge in [-0.25, -0.2) is 0 Å². The van der Waals surface area contributed by atoms with Crippen LogP contribution in [0.15, 0.2) is 29.3 Å². The van der Waals surface area contributed by atoms with Crippen molar-refractivity contribution in [2.24, 2.45) is 4.99 Å². The Balaban J connectivity index is 1.83. The molecule has 0 aromatic heterocycles. The fourth-order valence-corrected chi connectivity index (χ4v) is 3.85. The lowest BCUT2D eigenvalue weighted by Gasteiger charge is -2.26. The Morgan fingerprint density at radius 1 is 1.34 bits per heavy atom. The van der Waals surface area contributed by atoms with E-state index in [9.17, 15) is 9.90 Å². The lowest BCUT2D eigenvalue weighted by atomic mass is 10.1. The van der Waals surface area contributed by atoms with Crippen molar-refractivity contribution in [3.63, 3.8) is 0 Å². The predicted octanol–water partition coefficient (Wildman–Crippen LogP) is 2.01. The van der Waals surface area contributed by atoms with Crippen molar-refractivity contribution in [1.82, 2.24) is 20.4 Å². The normalized spacial score (nSPS) is 18.0. The van der Waals surface area contributed by atoms with Crippen molar-refractivity contribution in [2.75, 3.05) is 46.8 Å². The first-order valence-electron chi connectivity index (χ1n) is 11.7. The Kier molecular flexibility index (Phi) is 10.8. The van der Waals surface area contributed by atoms with E-state index in [1.807, 2.05) is 59.1 Å². The van der Waals surface area contributed by atoms with E-state index in [1.165, 1.54) is 0 Å². The lowest BCUT2D eigenvalue weighted by molar-refractivity contribution is -0.133. The molecule has 8 heteroatoms. The second kappa shape index (κ2) is 13.3. The van der Waals surface area contributed by atoms with E-state index in [2.05, 4.69) is 20.5 Å². The molecule has 3 N–H and O–H groups in total. The van der Waals surface area contributed by atoms with Crippen LogP contribution >= 0.6 is 0 Å². The van der Waals surface area contributed by atoms with Crippen LogP contribution in [0.2, 0.25) is 0 Å². The van der Waals surface area contributed by atoms with Crippen molar-refractivity contribution in [2.45, 2.75) is 58.3 Å². The fourth-order valence-electron chi connectivity index (χ4n) is 3.85. The van der Waals surface area contributed by atoms with Gasteiger partial charge in [0.25, 0.3) is 0 Å². The highest BCUT2D eigenvalue weighted by Gasteiger charge is 2.30. The molecule has 0 radical (unpaired) electrons. The molecule has 8 nitrogen and oxygen atoms in total. The van der Waals surface area contributed by atoms with E-state index >= 15 is 0 Å². The van der Waals surface area contributed by atoms with Crippen molar-refractivity contribution in [1.29, 1.82) is 0 Å². The van der Waals surface area contributed by atoms with Crippen LogP contribution in [0.5, 0.6) is 5.75 Å². The standard InChI is InChI=1S/C24H41N5O3/c1-6-25-24(26-13-9-15-29-14-8-12-21(29)23(31)28(4)5)27-17-22(30)19-10-7-11-20(16-19)32-18(2)3/h7,10-11,16,18,21-22,30H,6,8-9,12-15,17H2,1-5H3,(H2,25,26,27). The molecule has 1 amide bonds. The number of rotatable bonds is 11. The average molecular weight is 448 g/mol. The number of aliphatic imine (C=N–C) groups is 1. The monoisotopic (exact) mass is 447 g/mol. The molecule has 0 saturated carbocycles. The number of amides is 1. The zero-order chi connectivity index (χ0) is 23.5. The largest absolute Gasteiger partial charge is 0.491 e. The molecule has 2 atom stereocenters. The zero-order valence-electron chi connectivity index (χ0n) is 20.3. The summed E-state index contributed by atoms with van der Waals surface area (Å²) >= 11 is 0. The van der Waals surface area contributed by atoms with Crippen molar-refractivity contribution in [3.8, 4) is 5.75 Å². The highest BCUT2D eigenvalue weighted by molar-refractivity contribution is 5.81. The summed E-state index contributed by atoms with van der Waals surface area (Å²) in [6, 6.07) is 7.53. The van der Waals surface area contributed by atoms with Crippen molar-refractivity contribution < 1.29 is 14.6 Å². The number of aliphatic hydroxyl groups is 1. The summed E-state index contributed by atoms with van der Waals surface area (Å²) in [5, 5.41) is 17.1. The highest BCUT2D eigenvalue weighted by atomic mass is 16.5. The summed E-state index contributed by atoms with van der Waals surface area (Å²) in [5.74, 6) is 1.63. The van der Waals surface area contributed by atoms with E-state index < -0.39 is 6.10 Å². The van der Waals surface area contributed by atoms with Crippen LogP contribution in [-0.4, -0.2) is 85.7 Å². The van der Waals surface area contributed by atoms with Gasteiger partial charge in [-0.15, -0.1) is 0 Å². The maximum atomic E-state index is 12.3. The second-order valence-corrected chi connectivity index (χ2v) is 8.68. The number of carbonyl (C=O) groups excluding carboxylic acids is 1. The molecule has 1 aromatic rings. The van der Waals surface area contributed by atoms with Gasteiger partial charge in [0, 0.05) is 33.7 Å². The first-order valence-corrected chi connectivity index (χ1v) is 11.7. The van der Waals surface area contributed by atoms with E-state index in [0.717, 1.165) is 56.8 Å². The summed E-state index contributed by atoms with van der Waals surface area (Å²) in [4.78, 5) is 20.8. The van der Waals surface area contributed by atoms with Crippen LogP contribution in [-0.2, 0) is 4.79 Å². The quantitative estimate of drug-likeness (QED) is 0.273. The van der Waals surface area contributed by atoms with Crippen LogP contribution in [0.3, 0.4) is 0 Å². The van der Waals surface area contributed by atoms with Crippen LogP contribution < -0.4 is 15.4 Å². The summed E-state index contributed by atoms with van der Waals surface area (Å²) in [6.45, 7) is 9.57. The molecule has 2 unspecified atom stereocenters. The topological polar surface area (TPSA) is 89.4 Å². The summed E-state index contributed by atoms with van der Waals surface area (Å²) in [7, 11) is 3.64. The molecule has 1 fully saturated rings. The Hall–Kier alpha value is -2.32. The number of likely N-dealkylation sites (N-methyl/N-ethyl adjacent to an activating group) is 1. The predicted molar refractivity (Wildman–Crippen MR) is 129 cm³/mol. The minimum Gasteiger partial charge on any atom is -0.491 e. The summed E-state index contributed by atoms with van der Waals surface area (Å²) < 4.78 is 5.71. The number of nitrogens with zero attached hydrogens (tertiary/aromatic N) is 3. The average Bonchev–Trinajstić information content (AvgIpc) is 3.22. The van der Waals surface area contributed by atoms with Gasteiger partial charge in [-0.05, 0) is 64.3 Å². The van der Waals surface area contributed by atoms with Gasteiger partial charge in [0.05, 0.1) is 24.8 Å². The van der Waals surface area contributed by atoms with E-state index in [0.29, 0.717) is 5.96 Å². The molecule has 2 rings (SSSR count). The number of ether oxygens (including phenoxy) is 1. The maximum absolute atomic E-state index is 12.3. The number of guanidine groups is 1. The number of hydrogen-bond acceptors (Lipinski definition) is 5. The lowest BCUT2D eigenvalue weighted by Crippen LogP contribution is -2.44. The third-order valence-corrected chi connectivity index (χ3v) is 5.39. The molecule has 0 spiro atoms. The molecule has 32 heavy (non-hydrogen) atoms. The Morgan fingerprint density at radius 2 is 2.12 bits per heavy atom. The molecular weight excluding hydrogens is 406 g/mol. The zero-order valence-corrected chi connectivity index (χ0v) is 20.3. The Labute approximate surface area is 193 Å². The third kappa shape index (κ3) is 8.31. The van der Waals surface area contributed by atoms with Gasteiger partial charge in [0.2, 0.25) is 5.91 Å². The molecule has 180 valence electrons. The molecule has 0 bridgehead atoms. The third-order valence-electron chi connectivity index (χ3n) is 5.39. The van der Waals surface area contributed by atoms with Gasteiger partial charge < -0.3 is 25.4 Å². The minimum absolute atomic E-state index is 0.0116. The first-order chi connectivity index (χ1) is 15.3. The molecule has 1 saturated heterocycles. The molecule has 1 heterocycles. The van der Waals surface area contributed by atoms with E-state index in [4.69, 9.17) is 4.74 Å². The van der Waals surface area contributed by atoms with Gasteiger partial charge in [-0.1, -0.05) is 12.1 Å². The number of nitrogens with one attached hydrogen (secondary N) is 2. The van der Waals surface area contributed by atoms with Gasteiger partial charge in [0.1, 0.15) is 5.75 Å². The maximum Gasteiger partial charge on any atom is 0.239 e. The minimum atomic E-state index is -0.705. The van der Waals surface area contributed by atoms with Gasteiger partial charge >= 0.3 is 0 Å².